The van der Waals surface area contributed by atoms with Gasteiger partial charge in [-0.3, -0.25) is 4.79 Å². The SMILES string of the molecule is CCCC/C=C/CC/C=C/CC/C=C/C(O)C(COC1OC(CO)C(O)C(O)C1O)NC(=O)C(O)CCCCCCCCCCCCCCCCCC/C=C\C/C=C\CCCCCCCCCCCCC. The fourth-order valence-electron chi connectivity index (χ4n) is 9.10. The molecule has 1 rings (SSSR count). The van der Waals surface area contributed by atoms with Crippen molar-refractivity contribution in [3.63, 3.8) is 0 Å². The van der Waals surface area contributed by atoms with Gasteiger partial charge in [0.25, 0.3) is 0 Å². The van der Waals surface area contributed by atoms with E-state index in [-0.39, 0.29) is 6.61 Å². The molecule has 1 aliphatic rings. The van der Waals surface area contributed by atoms with Gasteiger partial charge in [0.1, 0.15) is 30.5 Å². The molecular weight excluding hydrogens is 891 g/mol. The Morgan fingerprint density at radius 2 is 0.887 bits per heavy atom. The Bertz CT molecular complexity index is 1320. The molecule has 0 spiro atoms. The largest absolute Gasteiger partial charge is 0.394 e. The predicted octanol–water partition coefficient (Wildman–Crippen LogP) is 13.7. The van der Waals surface area contributed by atoms with E-state index in [2.05, 4.69) is 67.8 Å². The lowest BCUT2D eigenvalue weighted by Crippen LogP contribution is -2.60. The zero-order chi connectivity index (χ0) is 51.7. The molecule has 0 saturated carbocycles. The normalized spacial score (nSPS) is 20.1. The van der Waals surface area contributed by atoms with Gasteiger partial charge in [-0.05, 0) is 70.6 Å². The lowest BCUT2D eigenvalue weighted by molar-refractivity contribution is -0.302. The number of aliphatic hydroxyl groups excluding tert-OH is 6. The van der Waals surface area contributed by atoms with Crippen LogP contribution in [0.25, 0.3) is 0 Å². The van der Waals surface area contributed by atoms with E-state index in [1.165, 1.54) is 173 Å². The fraction of sp³-hybridized carbons (Fsp3) is 0.820. The minimum absolute atomic E-state index is 0.299. The Kier molecular flexibility index (Phi) is 47.1. The molecule has 7 N–H and O–H groups in total. The Hall–Kier alpha value is -2.15. The molecule has 1 fully saturated rings. The number of ether oxygens (including phenoxy) is 2. The van der Waals surface area contributed by atoms with Crippen LogP contribution in [-0.4, -0.2) is 98.7 Å². The molecule has 0 aliphatic carbocycles. The van der Waals surface area contributed by atoms with Gasteiger partial charge in [0.2, 0.25) is 5.91 Å². The van der Waals surface area contributed by atoms with Gasteiger partial charge in [0.05, 0.1) is 25.4 Å². The summed E-state index contributed by atoms with van der Waals surface area (Å²) in [5, 5.41) is 64.8. The molecule has 1 amide bonds. The monoisotopic (exact) mass is 1000 g/mol. The van der Waals surface area contributed by atoms with Crippen molar-refractivity contribution in [1.82, 2.24) is 5.32 Å². The first-order valence-corrected chi connectivity index (χ1v) is 29.6. The van der Waals surface area contributed by atoms with E-state index in [1.54, 1.807) is 6.08 Å². The second-order valence-corrected chi connectivity index (χ2v) is 20.6. The first kappa shape index (κ1) is 66.9. The van der Waals surface area contributed by atoms with Crippen LogP contribution >= 0.6 is 0 Å². The topological polar surface area (TPSA) is 169 Å². The van der Waals surface area contributed by atoms with Crippen LogP contribution < -0.4 is 5.32 Å². The molecule has 10 heteroatoms. The summed E-state index contributed by atoms with van der Waals surface area (Å²) in [6, 6.07) is -1.00. The maximum Gasteiger partial charge on any atom is 0.249 e. The van der Waals surface area contributed by atoms with E-state index in [0.29, 0.717) is 19.3 Å². The number of amides is 1. The quantitative estimate of drug-likeness (QED) is 0.0232. The Morgan fingerprint density at radius 3 is 1.35 bits per heavy atom. The van der Waals surface area contributed by atoms with E-state index >= 15 is 0 Å². The molecule has 0 aromatic rings. The van der Waals surface area contributed by atoms with Crippen molar-refractivity contribution in [1.29, 1.82) is 0 Å². The summed E-state index contributed by atoms with van der Waals surface area (Å²) in [4.78, 5) is 13.1. The lowest BCUT2D eigenvalue weighted by Gasteiger charge is -2.40. The summed E-state index contributed by atoms with van der Waals surface area (Å²) in [6.07, 6.45) is 57.9. The van der Waals surface area contributed by atoms with Crippen LogP contribution in [-0.2, 0) is 14.3 Å². The van der Waals surface area contributed by atoms with Crippen LogP contribution in [0.15, 0.2) is 60.8 Å². The number of carbonyl (C=O) groups is 1. The molecular formula is C61H111NO9. The molecule has 1 aliphatic heterocycles. The van der Waals surface area contributed by atoms with Gasteiger partial charge in [-0.25, -0.2) is 0 Å². The van der Waals surface area contributed by atoms with Crippen LogP contribution in [0, 0.1) is 0 Å². The van der Waals surface area contributed by atoms with Gasteiger partial charge in [0, 0.05) is 0 Å². The number of aliphatic hydroxyl groups is 6. The van der Waals surface area contributed by atoms with Gasteiger partial charge in [-0.15, -0.1) is 0 Å². The number of hydrogen-bond acceptors (Lipinski definition) is 9. The van der Waals surface area contributed by atoms with Crippen molar-refractivity contribution < 1.29 is 44.9 Å². The molecule has 0 aromatic carbocycles. The molecule has 10 nitrogen and oxygen atoms in total. The second kappa shape index (κ2) is 50.0. The number of nitrogens with one attached hydrogen (secondary N) is 1. The number of allylic oxidation sites excluding steroid dienone is 9. The van der Waals surface area contributed by atoms with Crippen molar-refractivity contribution in [2.45, 2.75) is 307 Å². The van der Waals surface area contributed by atoms with Crippen molar-refractivity contribution in [2.24, 2.45) is 0 Å². The minimum Gasteiger partial charge on any atom is -0.394 e. The van der Waals surface area contributed by atoms with E-state index < -0.39 is 61.5 Å². The average Bonchev–Trinajstić information content (AvgIpc) is 3.37. The second-order valence-electron chi connectivity index (χ2n) is 20.6. The highest BCUT2D eigenvalue weighted by molar-refractivity contribution is 5.80. The van der Waals surface area contributed by atoms with Crippen LogP contribution in [0.2, 0.25) is 0 Å². The average molecular weight is 1000 g/mol. The molecule has 1 heterocycles. The number of unbranched alkanes of at least 4 members (excludes halogenated alkanes) is 31. The summed E-state index contributed by atoms with van der Waals surface area (Å²) in [5.74, 6) is -0.631. The molecule has 0 bridgehead atoms. The molecule has 71 heavy (non-hydrogen) atoms. The highest BCUT2D eigenvalue weighted by atomic mass is 16.7. The minimum atomic E-state index is -1.62. The zero-order valence-electron chi connectivity index (χ0n) is 45.6. The summed E-state index contributed by atoms with van der Waals surface area (Å²) >= 11 is 0. The van der Waals surface area contributed by atoms with Crippen LogP contribution in [0.1, 0.15) is 258 Å². The van der Waals surface area contributed by atoms with Crippen LogP contribution in [0.3, 0.4) is 0 Å². The number of hydrogen-bond donors (Lipinski definition) is 7. The number of rotatable bonds is 50. The van der Waals surface area contributed by atoms with E-state index in [1.807, 2.05) is 6.08 Å². The standard InChI is InChI=1S/C61H111NO9/c1-3-5-7-9-11-13-15-17-18-19-20-21-22-23-24-25-26-27-28-29-30-31-32-33-34-35-36-37-38-40-42-44-46-48-50-55(65)60(69)62-53(52-70-61-59(68)58(67)57(66)56(51-63)71-61)54(64)49-47-45-43-41-39-16-14-12-10-8-6-4-2/h10,12,22-23,25-26,39,41,47,49,53-59,61,63-68H,3-9,11,13-21,24,27-38,40,42-46,48,50-52H2,1-2H3,(H,62,69)/b12-10+,23-22-,26-25-,41-39+,49-47+. The van der Waals surface area contributed by atoms with Gasteiger partial charge in [-0.2, -0.15) is 0 Å². The maximum absolute atomic E-state index is 13.1. The first-order valence-electron chi connectivity index (χ1n) is 29.6. The predicted molar refractivity (Wildman–Crippen MR) is 296 cm³/mol. The summed E-state index contributed by atoms with van der Waals surface area (Å²) in [5.41, 5.74) is 0. The highest BCUT2D eigenvalue weighted by Crippen LogP contribution is 2.23. The summed E-state index contributed by atoms with van der Waals surface area (Å²) in [7, 11) is 0. The van der Waals surface area contributed by atoms with Gasteiger partial charge in [-0.1, -0.05) is 248 Å². The van der Waals surface area contributed by atoms with Crippen LogP contribution in [0.4, 0.5) is 0 Å². The van der Waals surface area contributed by atoms with E-state index in [9.17, 15) is 35.4 Å². The van der Waals surface area contributed by atoms with Crippen molar-refractivity contribution in [3.8, 4) is 0 Å². The zero-order valence-corrected chi connectivity index (χ0v) is 45.6. The Balaban J connectivity index is 2.14. The molecule has 0 radical (unpaired) electrons. The summed E-state index contributed by atoms with van der Waals surface area (Å²) in [6.45, 7) is 3.55. The third-order valence-corrected chi connectivity index (χ3v) is 13.9. The third kappa shape index (κ3) is 39.0. The third-order valence-electron chi connectivity index (χ3n) is 13.9. The fourth-order valence-corrected chi connectivity index (χ4v) is 9.10. The van der Waals surface area contributed by atoms with Crippen molar-refractivity contribution in [2.75, 3.05) is 13.2 Å². The highest BCUT2D eigenvalue weighted by Gasteiger charge is 2.44. The van der Waals surface area contributed by atoms with Crippen molar-refractivity contribution >= 4 is 5.91 Å². The number of carbonyl (C=O) groups excluding carboxylic acids is 1. The molecule has 0 aromatic heterocycles. The maximum atomic E-state index is 13.1. The van der Waals surface area contributed by atoms with Gasteiger partial charge in [0.15, 0.2) is 6.29 Å². The molecule has 414 valence electrons. The molecule has 8 unspecified atom stereocenters. The smallest absolute Gasteiger partial charge is 0.249 e. The lowest BCUT2D eigenvalue weighted by atomic mass is 9.99. The van der Waals surface area contributed by atoms with Gasteiger partial charge >= 0.3 is 0 Å². The van der Waals surface area contributed by atoms with E-state index in [4.69, 9.17) is 9.47 Å². The Labute approximate surface area is 435 Å². The van der Waals surface area contributed by atoms with Crippen LogP contribution in [0.5, 0.6) is 0 Å². The first-order chi connectivity index (χ1) is 34.8. The van der Waals surface area contributed by atoms with E-state index in [0.717, 1.165) is 51.4 Å². The summed E-state index contributed by atoms with van der Waals surface area (Å²) < 4.78 is 11.1. The van der Waals surface area contributed by atoms with Gasteiger partial charge < -0.3 is 45.4 Å². The Morgan fingerprint density at radius 1 is 0.493 bits per heavy atom. The van der Waals surface area contributed by atoms with Crippen molar-refractivity contribution in [3.05, 3.63) is 60.8 Å². The molecule has 1 saturated heterocycles. The molecule has 8 atom stereocenters.